The van der Waals surface area contributed by atoms with Gasteiger partial charge in [0.1, 0.15) is 0 Å². The highest BCUT2D eigenvalue weighted by Gasteiger charge is 2.18. The van der Waals surface area contributed by atoms with Crippen LogP contribution >= 0.6 is 0 Å². The minimum atomic E-state index is -1.04. The van der Waals surface area contributed by atoms with Crippen LogP contribution in [0.1, 0.15) is 97.8 Å². The van der Waals surface area contributed by atoms with Crippen LogP contribution in [0.25, 0.3) is 11.1 Å². The summed E-state index contributed by atoms with van der Waals surface area (Å²) >= 11 is 0. The fourth-order valence-corrected chi connectivity index (χ4v) is 4.01. The molecule has 2 rings (SSSR count). The van der Waals surface area contributed by atoms with Gasteiger partial charge in [-0.15, -0.1) is 0 Å². The first-order valence-corrected chi connectivity index (χ1v) is 13.0. The van der Waals surface area contributed by atoms with Gasteiger partial charge in [-0.25, -0.2) is 8.78 Å². The van der Waals surface area contributed by atoms with E-state index in [1.165, 1.54) is 62.8 Å². The molecule has 2 aromatic carbocycles. The van der Waals surface area contributed by atoms with Crippen LogP contribution in [0.15, 0.2) is 30.3 Å². The van der Waals surface area contributed by atoms with E-state index in [2.05, 4.69) is 13.8 Å². The van der Waals surface area contributed by atoms with E-state index >= 15 is 0 Å². The van der Waals surface area contributed by atoms with Gasteiger partial charge in [0.2, 0.25) is 5.82 Å². The molecular formula is C29H41F3O2. The Balaban J connectivity index is 1.92. The third-order valence-electron chi connectivity index (χ3n) is 6.09. The first-order valence-electron chi connectivity index (χ1n) is 13.0. The van der Waals surface area contributed by atoms with Crippen LogP contribution in [0.2, 0.25) is 0 Å². The average molecular weight is 479 g/mol. The van der Waals surface area contributed by atoms with Crippen molar-refractivity contribution < 1.29 is 22.6 Å². The second kappa shape index (κ2) is 15.7. The first kappa shape index (κ1) is 28.1. The smallest absolute Gasteiger partial charge is 0.201 e. The summed E-state index contributed by atoms with van der Waals surface area (Å²) in [5.41, 5.74) is 0.259. The lowest BCUT2D eigenvalue weighted by Gasteiger charge is -2.16. The second-order valence-corrected chi connectivity index (χ2v) is 9.13. The highest BCUT2D eigenvalue weighted by Crippen LogP contribution is 2.32. The van der Waals surface area contributed by atoms with Crippen molar-refractivity contribution >= 4 is 0 Å². The van der Waals surface area contributed by atoms with Crippen molar-refractivity contribution in [1.29, 1.82) is 0 Å². The van der Waals surface area contributed by atoms with Crippen LogP contribution in [0.5, 0.6) is 11.5 Å². The molecule has 0 amide bonds. The van der Waals surface area contributed by atoms with Crippen LogP contribution in [-0.4, -0.2) is 12.7 Å². The molecule has 0 spiro atoms. The van der Waals surface area contributed by atoms with Crippen molar-refractivity contribution in [2.45, 2.75) is 104 Å². The number of unbranched alkanes of at least 4 members (excludes halogenated alkanes) is 9. The molecule has 1 atom stereocenters. The van der Waals surface area contributed by atoms with E-state index in [4.69, 9.17) is 9.47 Å². The molecule has 0 aliphatic rings. The largest absolute Gasteiger partial charge is 0.490 e. The van der Waals surface area contributed by atoms with Crippen LogP contribution in [0.4, 0.5) is 13.2 Å². The fourth-order valence-electron chi connectivity index (χ4n) is 4.01. The molecule has 0 bridgehead atoms. The highest BCUT2D eigenvalue weighted by molar-refractivity contribution is 5.66. The van der Waals surface area contributed by atoms with Gasteiger partial charge in [0.05, 0.1) is 12.7 Å². The van der Waals surface area contributed by atoms with Crippen molar-refractivity contribution in [2.75, 3.05) is 6.61 Å². The van der Waals surface area contributed by atoms with E-state index in [1.54, 1.807) is 6.07 Å². The molecule has 34 heavy (non-hydrogen) atoms. The Morgan fingerprint density at radius 3 is 2.00 bits per heavy atom. The van der Waals surface area contributed by atoms with E-state index in [0.29, 0.717) is 6.61 Å². The zero-order valence-electron chi connectivity index (χ0n) is 21.1. The van der Waals surface area contributed by atoms with Gasteiger partial charge in [-0.2, -0.15) is 4.39 Å². The summed E-state index contributed by atoms with van der Waals surface area (Å²) in [6.07, 6.45) is 13.1. The van der Waals surface area contributed by atoms with Crippen molar-refractivity contribution in [2.24, 2.45) is 0 Å². The number of hydrogen-bond acceptors (Lipinski definition) is 2. The molecule has 0 fully saturated rings. The summed E-state index contributed by atoms with van der Waals surface area (Å²) in [6.45, 7) is 6.61. The normalized spacial score (nSPS) is 12.1. The number of ether oxygens (including phenoxy) is 2. The minimum Gasteiger partial charge on any atom is -0.490 e. The van der Waals surface area contributed by atoms with E-state index in [0.717, 1.165) is 38.5 Å². The third-order valence-corrected chi connectivity index (χ3v) is 6.09. The Morgan fingerprint density at radius 2 is 1.32 bits per heavy atom. The van der Waals surface area contributed by atoms with E-state index < -0.39 is 17.5 Å². The number of rotatable bonds is 17. The van der Waals surface area contributed by atoms with Gasteiger partial charge in [0.15, 0.2) is 23.1 Å². The lowest BCUT2D eigenvalue weighted by Crippen LogP contribution is -2.12. The Labute approximate surface area is 203 Å². The lowest BCUT2D eigenvalue weighted by atomic mass is 10.0. The van der Waals surface area contributed by atoms with E-state index in [-0.39, 0.29) is 28.7 Å². The second-order valence-electron chi connectivity index (χ2n) is 9.13. The van der Waals surface area contributed by atoms with Crippen LogP contribution in [0.3, 0.4) is 0 Å². The van der Waals surface area contributed by atoms with Gasteiger partial charge in [0.25, 0.3) is 0 Å². The Hall–Kier alpha value is -2.17. The highest BCUT2D eigenvalue weighted by atomic mass is 19.2. The van der Waals surface area contributed by atoms with Crippen molar-refractivity contribution in [1.82, 2.24) is 0 Å². The average Bonchev–Trinajstić information content (AvgIpc) is 2.82. The Morgan fingerprint density at radius 1 is 0.706 bits per heavy atom. The summed E-state index contributed by atoms with van der Waals surface area (Å²) in [4.78, 5) is 0. The Kier molecular flexibility index (Phi) is 12.9. The van der Waals surface area contributed by atoms with Gasteiger partial charge in [-0.1, -0.05) is 77.7 Å². The standard InChI is InChI=1S/C29H41F3O2/c1-4-6-8-10-12-14-20-33-27-19-17-24(28(31)29(27)32)23-16-18-26(25(30)21-23)34-22(3)15-13-11-9-7-5-2/h16-19,21-22H,4-15,20H2,1-3H3. The first-order chi connectivity index (χ1) is 16.5. The topological polar surface area (TPSA) is 18.5 Å². The van der Waals surface area contributed by atoms with Gasteiger partial charge in [-0.3, -0.25) is 0 Å². The predicted octanol–water partition coefficient (Wildman–Crippen LogP) is 9.64. The Bertz CT molecular complexity index is 854. The molecule has 0 saturated heterocycles. The molecule has 0 N–H and O–H groups in total. The van der Waals surface area contributed by atoms with Gasteiger partial charge >= 0.3 is 0 Å². The lowest BCUT2D eigenvalue weighted by molar-refractivity contribution is 0.197. The minimum absolute atomic E-state index is 0.00108. The van der Waals surface area contributed by atoms with E-state index in [9.17, 15) is 13.2 Å². The number of benzene rings is 2. The molecule has 0 aromatic heterocycles. The van der Waals surface area contributed by atoms with Gasteiger partial charge < -0.3 is 9.47 Å². The van der Waals surface area contributed by atoms with Crippen molar-refractivity contribution in [3.63, 3.8) is 0 Å². The summed E-state index contributed by atoms with van der Waals surface area (Å²) in [6, 6.07) is 7.08. The number of hydrogen-bond donors (Lipinski definition) is 0. The predicted molar refractivity (Wildman–Crippen MR) is 134 cm³/mol. The summed E-state index contributed by atoms with van der Waals surface area (Å²) in [5.74, 6) is -2.64. The summed E-state index contributed by atoms with van der Waals surface area (Å²) < 4.78 is 55.1. The molecule has 0 radical (unpaired) electrons. The third kappa shape index (κ3) is 9.23. The molecule has 1 unspecified atom stereocenters. The maximum Gasteiger partial charge on any atom is 0.201 e. The zero-order valence-corrected chi connectivity index (χ0v) is 21.1. The molecule has 2 nitrogen and oxygen atoms in total. The van der Waals surface area contributed by atoms with Crippen LogP contribution < -0.4 is 9.47 Å². The monoisotopic (exact) mass is 478 g/mol. The van der Waals surface area contributed by atoms with Gasteiger partial charge in [0, 0.05) is 5.56 Å². The summed E-state index contributed by atoms with van der Waals surface area (Å²) in [5, 5.41) is 0. The fraction of sp³-hybridized carbons (Fsp3) is 0.586. The molecule has 0 aliphatic carbocycles. The summed E-state index contributed by atoms with van der Waals surface area (Å²) in [7, 11) is 0. The maximum absolute atomic E-state index is 14.7. The zero-order chi connectivity index (χ0) is 24.8. The quantitative estimate of drug-likeness (QED) is 0.211. The molecule has 0 aliphatic heterocycles. The van der Waals surface area contributed by atoms with E-state index in [1.807, 2.05) is 6.92 Å². The molecule has 0 saturated carbocycles. The van der Waals surface area contributed by atoms with Crippen LogP contribution in [-0.2, 0) is 0 Å². The van der Waals surface area contributed by atoms with Crippen molar-refractivity contribution in [3.8, 4) is 22.6 Å². The molecule has 190 valence electrons. The molecule has 5 heteroatoms. The maximum atomic E-state index is 14.7. The van der Waals surface area contributed by atoms with Crippen molar-refractivity contribution in [3.05, 3.63) is 47.8 Å². The number of halogens is 3. The SMILES string of the molecule is CCCCCCCCOc1ccc(-c2ccc(OC(C)CCCCCCC)c(F)c2)c(F)c1F. The van der Waals surface area contributed by atoms with Gasteiger partial charge in [-0.05, 0) is 56.0 Å². The molecule has 0 heterocycles. The van der Waals surface area contributed by atoms with Crippen LogP contribution in [0, 0.1) is 17.5 Å². The molecular weight excluding hydrogens is 437 g/mol. The molecule has 2 aromatic rings.